The molecule has 0 spiro atoms. The van der Waals surface area contributed by atoms with Crippen molar-refractivity contribution in [1.82, 2.24) is 4.90 Å². The highest BCUT2D eigenvalue weighted by atomic mass is 16.2. The summed E-state index contributed by atoms with van der Waals surface area (Å²) in [6, 6.07) is 0. The molecule has 0 saturated heterocycles. The predicted octanol–water partition coefficient (Wildman–Crippen LogP) is 0.270. The van der Waals surface area contributed by atoms with E-state index < -0.39 is 11.7 Å². The molecule has 4 heteroatoms. The zero-order valence-electron chi connectivity index (χ0n) is 7.15. The van der Waals surface area contributed by atoms with Gasteiger partial charge in [-0.15, -0.1) is 0 Å². The van der Waals surface area contributed by atoms with E-state index >= 15 is 0 Å². The summed E-state index contributed by atoms with van der Waals surface area (Å²) in [5.74, 6) is -0.372. The van der Waals surface area contributed by atoms with Gasteiger partial charge < -0.3 is 0 Å². The predicted molar refractivity (Wildman–Crippen MR) is 47.1 cm³/mol. The number of aliphatic imine (C=N–C) groups is 1. The Labute approximate surface area is 75.2 Å². The molecule has 0 atom stereocenters. The van der Waals surface area contributed by atoms with E-state index in [4.69, 9.17) is 0 Å². The highest BCUT2D eigenvalue weighted by molar-refractivity contribution is 6.47. The Hall–Kier alpha value is -1.71. The van der Waals surface area contributed by atoms with Gasteiger partial charge in [0, 0.05) is 24.4 Å². The quantitative estimate of drug-likeness (QED) is 0.538. The number of nitrogens with zero attached hydrogens (tertiary/aromatic N) is 2. The normalized spacial score (nSPS) is 20.2. The van der Waals surface area contributed by atoms with E-state index in [9.17, 15) is 9.59 Å². The van der Waals surface area contributed by atoms with E-state index in [1.54, 1.807) is 12.3 Å². The summed E-state index contributed by atoms with van der Waals surface area (Å²) in [7, 11) is 0. The summed E-state index contributed by atoms with van der Waals surface area (Å²) in [6.45, 7) is 2.29. The number of ketones is 1. The Kier molecular flexibility index (Phi) is 1.62. The monoisotopic (exact) mass is 176 g/mol. The van der Waals surface area contributed by atoms with Gasteiger partial charge in [0.05, 0.1) is 0 Å². The zero-order chi connectivity index (χ0) is 9.42. The minimum atomic E-state index is -0.492. The number of carbonyl (C=O) groups is 2. The number of amides is 1. The molecular weight excluding hydrogens is 168 g/mol. The maximum Gasteiger partial charge on any atom is 0.299 e. The maximum atomic E-state index is 11.3. The van der Waals surface area contributed by atoms with Crippen LogP contribution in [0.3, 0.4) is 0 Å². The lowest BCUT2D eigenvalue weighted by molar-refractivity contribution is -0.139. The molecule has 0 aromatic heterocycles. The van der Waals surface area contributed by atoms with Gasteiger partial charge in [0.2, 0.25) is 5.78 Å². The first kappa shape index (κ1) is 7.91. The van der Waals surface area contributed by atoms with Gasteiger partial charge in [-0.25, -0.2) is 4.99 Å². The lowest BCUT2D eigenvalue weighted by Gasteiger charge is -2.23. The van der Waals surface area contributed by atoms with Crippen LogP contribution in [0.2, 0.25) is 0 Å². The van der Waals surface area contributed by atoms with Gasteiger partial charge in [-0.2, -0.15) is 0 Å². The average Bonchev–Trinajstić information content (AvgIpc) is 2.54. The van der Waals surface area contributed by atoms with Crippen molar-refractivity contribution < 1.29 is 9.59 Å². The molecule has 66 valence electrons. The second-order valence-electron chi connectivity index (χ2n) is 2.78. The van der Waals surface area contributed by atoms with Crippen molar-refractivity contribution in [2.75, 3.05) is 6.54 Å². The fraction of sp³-hybridized carbons (Fsp3) is 0.222. The van der Waals surface area contributed by atoms with Crippen LogP contribution in [0.15, 0.2) is 28.9 Å². The number of fused-ring (bicyclic) bond motifs is 1. The highest BCUT2D eigenvalue weighted by Crippen LogP contribution is 2.17. The molecule has 0 radical (unpaired) electrons. The van der Waals surface area contributed by atoms with Gasteiger partial charge in [-0.3, -0.25) is 14.5 Å². The molecule has 2 aliphatic rings. The minimum absolute atomic E-state index is 0.470. The van der Waals surface area contributed by atoms with Crippen LogP contribution in [0.1, 0.15) is 6.92 Å². The molecule has 13 heavy (non-hydrogen) atoms. The van der Waals surface area contributed by atoms with Gasteiger partial charge in [0.1, 0.15) is 5.84 Å². The summed E-state index contributed by atoms with van der Waals surface area (Å²) < 4.78 is 0. The first-order valence-electron chi connectivity index (χ1n) is 4.06. The van der Waals surface area contributed by atoms with Crippen LogP contribution in [0.5, 0.6) is 0 Å². The molecule has 0 saturated carbocycles. The zero-order valence-corrected chi connectivity index (χ0v) is 7.15. The van der Waals surface area contributed by atoms with Crippen LogP contribution in [-0.4, -0.2) is 29.0 Å². The highest BCUT2D eigenvalue weighted by Gasteiger charge is 2.31. The van der Waals surface area contributed by atoms with Crippen molar-refractivity contribution in [2.24, 2.45) is 4.99 Å². The molecule has 0 bridgehead atoms. The van der Waals surface area contributed by atoms with Crippen molar-refractivity contribution in [3.63, 3.8) is 0 Å². The molecule has 4 nitrogen and oxygen atoms in total. The Morgan fingerprint density at radius 2 is 2.23 bits per heavy atom. The van der Waals surface area contributed by atoms with Crippen molar-refractivity contribution in [3.8, 4) is 0 Å². The lowest BCUT2D eigenvalue weighted by Crippen LogP contribution is -2.43. The number of hydrogen-bond acceptors (Lipinski definition) is 3. The van der Waals surface area contributed by atoms with Crippen LogP contribution in [0.4, 0.5) is 0 Å². The van der Waals surface area contributed by atoms with Crippen molar-refractivity contribution in [1.29, 1.82) is 0 Å². The largest absolute Gasteiger partial charge is 0.299 e. The minimum Gasteiger partial charge on any atom is -0.290 e. The van der Waals surface area contributed by atoms with Crippen molar-refractivity contribution >= 4 is 17.5 Å². The number of carbonyl (C=O) groups excluding carboxylic acids is 2. The third kappa shape index (κ3) is 1.02. The molecule has 2 aliphatic heterocycles. The maximum absolute atomic E-state index is 11.3. The van der Waals surface area contributed by atoms with Crippen LogP contribution in [0.25, 0.3) is 0 Å². The number of rotatable bonds is 1. The van der Waals surface area contributed by atoms with Crippen LogP contribution < -0.4 is 0 Å². The van der Waals surface area contributed by atoms with E-state index in [0.29, 0.717) is 12.4 Å². The summed E-state index contributed by atoms with van der Waals surface area (Å²) in [6.07, 6.45) is 4.65. The van der Waals surface area contributed by atoms with Crippen molar-refractivity contribution in [2.45, 2.75) is 6.92 Å². The Bertz CT molecular complexity index is 377. The van der Waals surface area contributed by atoms with E-state index in [1.807, 2.05) is 6.92 Å². The Morgan fingerprint density at radius 3 is 2.92 bits per heavy atom. The fourth-order valence-corrected chi connectivity index (χ4v) is 1.40. The Balaban J connectivity index is 2.49. The van der Waals surface area contributed by atoms with Crippen LogP contribution >= 0.6 is 0 Å². The van der Waals surface area contributed by atoms with E-state index in [2.05, 4.69) is 4.99 Å². The Morgan fingerprint density at radius 1 is 1.46 bits per heavy atom. The molecular formula is C9H8N2O2. The topological polar surface area (TPSA) is 49.7 Å². The summed E-state index contributed by atoms with van der Waals surface area (Å²) in [5.41, 5.74) is 0.728. The van der Waals surface area contributed by atoms with Gasteiger partial charge in [0.15, 0.2) is 0 Å². The third-order valence-electron chi connectivity index (χ3n) is 2.02. The first-order valence-corrected chi connectivity index (χ1v) is 4.06. The van der Waals surface area contributed by atoms with Gasteiger partial charge in [-0.05, 0) is 13.0 Å². The first-order chi connectivity index (χ1) is 6.24. The third-order valence-corrected chi connectivity index (χ3v) is 2.02. The smallest absolute Gasteiger partial charge is 0.290 e. The molecule has 1 amide bonds. The molecule has 0 unspecified atom stereocenters. The second kappa shape index (κ2) is 2.65. The fourth-order valence-electron chi connectivity index (χ4n) is 1.40. The van der Waals surface area contributed by atoms with E-state index in [-0.39, 0.29) is 0 Å². The standard InChI is InChI=1S/C9H8N2O2/c1-2-11-8-6(3-4-10-8)5-7(12)9(11)13/h3-5H,2H2,1H3. The number of likely N-dealkylation sites (N-methyl/N-ethyl adjacent to an activating group) is 1. The van der Waals surface area contributed by atoms with Crippen LogP contribution in [-0.2, 0) is 9.59 Å². The average molecular weight is 176 g/mol. The molecule has 0 N–H and O–H groups in total. The van der Waals surface area contributed by atoms with E-state index in [0.717, 1.165) is 5.57 Å². The SMILES string of the molecule is CCN1C(=O)C(=O)C=C2C=CN=C21. The van der Waals surface area contributed by atoms with Crippen LogP contribution in [0, 0.1) is 0 Å². The molecule has 0 aromatic carbocycles. The summed E-state index contributed by atoms with van der Waals surface area (Å²) in [4.78, 5) is 27.9. The van der Waals surface area contributed by atoms with Gasteiger partial charge in [0.25, 0.3) is 5.91 Å². The molecule has 0 aromatic rings. The second-order valence-corrected chi connectivity index (χ2v) is 2.78. The summed E-state index contributed by atoms with van der Waals surface area (Å²) >= 11 is 0. The molecule has 0 fully saturated rings. The van der Waals surface area contributed by atoms with Crippen molar-refractivity contribution in [3.05, 3.63) is 23.9 Å². The summed E-state index contributed by atoms with van der Waals surface area (Å²) in [5, 5.41) is 0. The van der Waals surface area contributed by atoms with E-state index in [1.165, 1.54) is 11.0 Å². The number of amidine groups is 1. The molecule has 2 rings (SSSR count). The number of hydrogen-bond donors (Lipinski definition) is 0. The van der Waals surface area contributed by atoms with Gasteiger partial charge in [-0.1, -0.05) is 0 Å². The molecule has 0 aliphatic carbocycles. The molecule has 2 heterocycles. The lowest BCUT2D eigenvalue weighted by atomic mass is 10.1. The van der Waals surface area contributed by atoms with Gasteiger partial charge >= 0.3 is 0 Å².